The van der Waals surface area contributed by atoms with Crippen LogP contribution in [-0.2, 0) is 14.4 Å². The second-order valence-electron chi connectivity index (χ2n) is 7.57. The molecule has 1 heterocycles. The zero-order valence-corrected chi connectivity index (χ0v) is 18.4. The van der Waals surface area contributed by atoms with Gasteiger partial charge in [-0.3, -0.25) is 19.4 Å². The van der Waals surface area contributed by atoms with E-state index in [0.717, 1.165) is 16.7 Å². The number of anilines is 2. The van der Waals surface area contributed by atoms with Gasteiger partial charge in [-0.05, 0) is 49.2 Å². The summed E-state index contributed by atoms with van der Waals surface area (Å²) < 4.78 is 0. The Bertz CT molecular complexity index is 1170. The maximum absolute atomic E-state index is 12.3. The largest absolute Gasteiger partial charge is 0.481 e. The van der Waals surface area contributed by atoms with E-state index in [9.17, 15) is 19.2 Å². The van der Waals surface area contributed by atoms with Crippen LogP contribution >= 0.6 is 0 Å². The number of aldehydes is 1. The number of nitrogens with one attached hydrogen (secondary N) is 3. The van der Waals surface area contributed by atoms with Gasteiger partial charge < -0.3 is 25.9 Å². The molecule has 0 bridgehead atoms. The highest BCUT2D eigenvalue weighted by molar-refractivity contribution is 5.94. The summed E-state index contributed by atoms with van der Waals surface area (Å²) in [6.07, 6.45) is 2.79. The van der Waals surface area contributed by atoms with Crippen LogP contribution in [0.1, 0.15) is 36.0 Å². The summed E-state index contributed by atoms with van der Waals surface area (Å²) in [6.45, 7) is 0.380. The number of para-hydroxylation sites is 2. The molecule has 0 aliphatic carbocycles. The quantitative estimate of drug-likeness (QED) is 0.236. The molecule has 176 valence electrons. The lowest BCUT2D eigenvalue weighted by molar-refractivity contribution is -0.138. The van der Waals surface area contributed by atoms with Gasteiger partial charge in [0, 0.05) is 24.2 Å². The first-order valence-electron chi connectivity index (χ1n) is 10.8. The number of carboxylic acids is 1. The molecule has 3 rings (SSSR count). The van der Waals surface area contributed by atoms with Gasteiger partial charge >= 0.3 is 5.97 Å². The first-order valence-corrected chi connectivity index (χ1v) is 10.8. The van der Waals surface area contributed by atoms with Gasteiger partial charge in [0.25, 0.3) is 5.91 Å². The number of nitrogens with zero attached hydrogens (tertiary/aromatic N) is 2. The van der Waals surface area contributed by atoms with Crippen molar-refractivity contribution >= 4 is 46.6 Å². The van der Waals surface area contributed by atoms with Crippen molar-refractivity contribution < 1.29 is 24.3 Å². The molecule has 2 aromatic carbocycles. The summed E-state index contributed by atoms with van der Waals surface area (Å²) in [5, 5.41) is 17.0. The smallest absolute Gasteiger partial charge is 0.305 e. The summed E-state index contributed by atoms with van der Waals surface area (Å²) >= 11 is 0. The Hall–Kier alpha value is -4.34. The number of carbonyl (C=O) groups excluding carboxylic acids is 3. The molecule has 3 aromatic rings. The Balaban J connectivity index is 1.39. The molecule has 10 heteroatoms. The second kappa shape index (κ2) is 12.0. The van der Waals surface area contributed by atoms with Crippen LogP contribution in [0.3, 0.4) is 0 Å². The Morgan fingerprint density at radius 2 is 1.74 bits per heavy atom. The molecule has 1 atom stereocenters. The van der Waals surface area contributed by atoms with E-state index >= 15 is 0 Å². The van der Waals surface area contributed by atoms with E-state index in [-0.39, 0.29) is 12.3 Å². The molecular formula is C24H25N5O5. The molecule has 0 fully saturated rings. The predicted molar refractivity (Wildman–Crippen MR) is 126 cm³/mol. The fourth-order valence-corrected chi connectivity index (χ4v) is 3.19. The van der Waals surface area contributed by atoms with Gasteiger partial charge in [-0.1, -0.05) is 12.1 Å². The number of rotatable bonds is 12. The maximum atomic E-state index is 12.3. The molecule has 0 aliphatic rings. The Kier molecular flexibility index (Phi) is 8.61. The van der Waals surface area contributed by atoms with Gasteiger partial charge in [-0.25, -0.2) is 4.98 Å². The van der Waals surface area contributed by atoms with Gasteiger partial charge in [-0.2, -0.15) is 0 Å². The Morgan fingerprint density at radius 3 is 2.44 bits per heavy atom. The van der Waals surface area contributed by atoms with E-state index in [1.54, 1.807) is 30.5 Å². The van der Waals surface area contributed by atoms with Crippen LogP contribution in [0, 0.1) is 0 Å². The van der Waals surface area contributed by atoms with Crippen molar-refractivity contribution in [1.82, 2.24) is 20.6 Å². The van der Waals surface area contributed by atoms with Gasteiger partial charge in [0.2, 0.25) is 5.91 Å². The third-order valence-corrected chi connectivity index (χ3v) is 4.89. The highest BCUT2D eigenvalue weighted by atomic mass is 16.4. The molecule has 34 heavy (non-hydrogen) atoms. The van der Waals surface area contributed by atoms with Gasteiger partial charge in [-0.15, -0.1) is 0 Å². The lowest BCUT2D eigenvalue weighted by atomic mass is 10.1. The Morgan fingerprint density at radius 1 is 1.00 bits per heavy atom. The molecule has 2 amide bonds. The molecule has 4 N–H and O–H groups in total. The number of benzene rings is 2. The lowest BCUT2D eigenvalue weighted by Gasteiger charge is -2.10. The monoisotopic (exact) mass is 463 g/mol. The fourth-order valence-electron chi connectivity index (χ4n) is 3.19. The average Bonchev–Trinajstić information content (AvgIpc) is 2.83. The van der Waals surface area contributed by atoms with E-state index in [4.69, 9.17) is 5.11 Å². The van der Waals surface area contributed by atoms with Crippen molar-refractivity contribution in [3.05, 3.63) is 60.3 Å². The summed E-state index contributed by atoms with van der Waals surface area (Å²) in [5.74, 6) is -1.19. The van der Waals surface area contributed by atoms with Gasteiger partial charge in [0.15, 0.2) is 0 Å². The maximum Gasteiger partial charge on any atom is 0.305 e. The number of amides is 2. The minimum atomic E-state index is -1.16. The van der Waals surface area contributed by atoms with Crippen LogP contribution in [0.25, 0.3) is 11.0 Å². The SMILES string of the molecule is O=C[C@H](CC(=O)O)NC(=O)CCCCNC(=O)c1ccc(Nc2cnc3ccccc3n2)cc1. The molecule has 0 radical (unpaired) electrons. The minimum Gasteiger partial charge on any atom is -0.481 e. The van der Waals surface area contributed by atoms with Crippen LogP contribution in [0.2, 0.25) is 0 Å². The van der Waals surface area contributed by atoms with Crippen molar-refractivity contribution in [3.63, 3.8) is 0 Å². The fraction of sp³-hybridized carbons (Fsp3) is 0.250. The highest BCUT2D eigenvalue weighted by Crippen LogP contribution is 2.17. The molecule has 0 spiro atoms. The second-order valence-corrected chi connectivity index (χ2v) is 7.57. The standard InChI is InChI=1S/C24H25N5O5/c30-15-18(13-23(32)33)28-22(31)7-3-4-12-25-24(34)16-8-10-17(11-9-16)27-21-14-26-19-5-1-2-6-20(19)29-21/h1-2,5-6,8-11,14-15,18H,3-4,7,12-13H2,(H,25,34)(H,27,29)(H,28,31)(H,32,33)/t18-/m0/s1. The van der Waals surface area contributed by atoms with Crippen LogP contribution in [-0.4, -0.2) is 51.7 Å². The van der Waals surface area contributed by atoms with Crippen molar-refractivity contribution in [3.8, 4) is 0 Å². The number of carbonyl (C=O) groups is 4. The molecule has 0 saturated carbocycles. The van der Waals surface area contributed by atoms with Crippen molar-refractivity contribution in [2.24, 2.45) is 0 Å². The van der Waals surface area contributed by atoms with E-state index in [0.29, 0.717) is 37.1 Å². The van der Waals surface area contributed by atoms with E-state index in [1.807, 2.05) is 24.3 Å². The highest BCUT2D eigenvalue weighted by Gasteiger charge is 2.14. The van der Waals surface area contributed by atoms with Crippen LogP contribution in [0.15, 0.2) is 54.7 Å². The Labute approximate surface area is 195 Å². The number of hydrogen-bond donors (Lipinski definition) is 4. The van der Waals surface area contributed by atoms with E-state index in [1.165, 1.54) is 0 Å². The minimum absolute atomic E-state index is 0.137. The normalized spacial score (nSPS) is 11.4. The van der Waals surface area contributed by atoms with Crippen molar-refractivity contribution in [2.75, 3.05) is 11.9 Å². The first kappa shape index (κ1) is 24.3. The molecular weight excluding hydrogens is 438 g/mol. The van der Waals surface area contributed by atoms with Crippen molar-refractivity contribution in [1.29, 1.82) is 0 Å². The molecule has 0 aliphatic heterocycles. The number of hydrogen-bond acceptors (Lipinski definition) is 7. The summed E-state index contributed by atoms with van der Waals surface area (Å²) in [6, 6.07) is 13.5. The average molecular weight is 463 g/mol. The zero-order valence-electron chi connectivity index (χ0n) is 18.4. The third kappa shape index (κ3) is 7.37. The van der Waals surface area contributed by atoms with Crippen LogP contribution in [0.4, 0.5) is 11.5 Å². The van der Waals surface area contributed by atoms with E-state index < -0.39 is 24.3 Å². The number of carboxylic acid groups (broad SMARTS) is 1. The summed E-state index contributed by atoms with van der Waals surface area (Å²) in [4.78, 5) is 54.4. The first-order chi connectivity index (χ1) is 16.4. The lowest BCUT2D eigenvalue weighted by Crippen LogP contribution is -2.37. The number of unbranched alkanes of at least 4 members (excludes halogenated alkanes) is 1. The van der Waals surface area contributed by atoms with Crippen molar-refractivity contribution in [2.45, 2.75) is 31.7 Å². The zero-order chi connectivity index (χ0) is 24.3. The summed E-state index contributed by atoms with van der Waals surface area (Å²) in [5.41, 5.74) is 2.85. The number of aromatic nitrogens is 2. The summed E-state index contributed by atoms with van der Waals surface area (Å²) in [7, 11) is 0. The van der Waals surface area contributed by atoms with Crippen LogP contribution < -0.4 is 16.0 Å². The molecule has 10 nitrogen and oxygen atoms in total. The number of fused-ring (bicyclic) bond motifs is 1. The van der Waals surface area contributed by atoms with E-state index in [2.05, 4.69) is 25.9 Å². The molecule has 0 unspecified atom stereocenters. The van der Waals surface area contributed by atoms with Gasteiger partial charge in [0.1, 0.15) is 12.1 Å². The number of aliphatic carboxylic acids is 1. The molecule has 0 saturated heterocycles. The third-order valence-electron chi connectivity index (χ3n) is 4.89. The molecule has 1 aromatic heterocycles. The van der Waals surface area contributed by atoms with Crippen LogP contribution in [0.5, 0.6) is 0 Å². The van der Waals surface area contributed by atoms with Gasteiger partial charge in [0.05, 0.1) is 29.7 Å². The topological polar surface area (TPSA) is 150 Å². The predicted octanol–water partition coefficient (Wildman–Crippen LogP) is 2.43.